The summed E-state index contributed by atoms with van der Waals surface area (Å²) in [6.07, 6.45) is 15.3. The molecule has 3 rings (SSSR count). The molecule has 0 N–H and O–H groups in total. The summed E-state index contributed by atoms with van der Waals surface area (Å²) < 4.78 is 0. The minimum atomic E-state index is 1.13. The zero-order valence-electron chi connectivity index (χ0n) is 13.6. The van der Waals surface area contributed by atoms with Crippen LogP contribution in [0.1, 0.15) is 49.7 Å². The minimum Gasteiger partial charge on any atom is -0.0885 e. The Bertz CT molecular complexity index is 461. The van der Waals surface area contributed by atoms with Crippen molar-refractivity contribution in [1.82, 2.24) is 0 Å². The second-order valence-corrected chi connectivity index (χ2v) is 5.93. The summed E-state index contributed by atoms with van der Waals surface area (Å²) in [4.78, 5) is 0. The van der Waals surface area contributed by atoms with Crippen LogP contribution in [0.25, 0.3) is 0 Å². The molecule has 0 heteroatoms. The monoisotopic (exact) mass is 292 g/mol. The van der Waals surface area contributed by atoms with Crippen LogP contribution in [-0.4, -0.2) is 0 Å². The molecule has 1 aliphatic carbocycles. The standard InChI is InChI=1S/C14H14.C8H14/c1-3-7-13(8-4-1)11-12-14-9-5-2-6-10-14;1-2-4-6-8-7-5-3-1/h1-10H,11-12H2;1-2H,3-8H2. The van der Waals surface area contributed by atoms with Crippen molar-refractivity contribution in [3.8, 4) is 0 Å². The lowest BCUT2D eigenvalue weighted by atomic mass is 10.0. The number of benzene rings is 2. The molecule has 0 spiro atoms. The van der Waals surface area contributed by atoms with E-state index in [1.165, 1.54) is 49.7 Å². The summed E-state index contributed by atoms with van der Waals surface area (Å²) in [6.45, 7) is 0. The van der Waals surface area contributed by atoms with Gasteiger partial charge in [0.15, 0.2) is 0 Å². The highest BCUT2D eigenvalue weighted by Gasteiger charge is 1.93. The summed E-state index contributed by atoms with van der Waals surface area (Å²) >= 11 is 0. The maximum atomic E-state index is 2.32. The highest BCUT2D eigenvalue weighted by molar-refractivity contribution is 5.19. The molecule has 0 aromatic heterocycles. The molecule has 1 aliphatic rings. The molecule has 22 heavy (non-hydrogen) atoms. The van der Waals surface area contributed by atoms with Gasteiger partial charge in [-0.2, -0.15) is 0 Å². The number of hydrogen-bond acceptors (Lipinski definition) is 0. The first kappa shape index (κ1) is 16.5. The molecule has 0 fully saturated rings. The molecule has 0 radical (unpaired) electrons. The Labute approximate surface area is 135 Å². The first-order valence-electron chi connectivity index (χ1n) is 8.68. The van der Waals surface area contributed by atoms with Crippen LogP contribution in [0.4, 0.5) is 0 Å². The van der Waals surface area contributed by atoms with Crippen molar-refractivity contribution in [2.75, 3.05) is 0 Å². The van der Waals surface area contributed by atoms with Crippen LogP contribution < -0.4 is 0 Å². The first-order chi connectivity index (χ1) is 10.9. The van der Waals surface area contributed by atoms with Crippen molar-refractivity contribution in [3.05, 3.63) is 83.9 Å². The van der Waals surface area contributed by atoms with Gasteiger partial charge < -0.3 is 0 Å². The summed E-state index contributed by atoms with van der Waals surface area (Å²) in [5.74, 6) is 0. The lowest BCUT2D eigenvalue weighted by Gasteiger charge is -2.01. The van der Waals surface area contributed by atoms with E-state index in [2.05, 4.69) is 72.8 Å². The van der Waals surface area contributed by atoms with Crippen molar-refractivity contribution in [2.24, 2.45) is 0 Å². The number of aryl methyl sites for hydroxylation is 2. The van der Waals surface area contributed by atoms with Crippen molar-refractivity contribution in [3.63, 3.8) is 0 Å². The van der Waals surface area contributed by atoms with Gasteiger partial charge in [-0.15, -0.1) is 0 Å². The fourth-order valence-corrected chi connectivity index (χ4v) is 2.69. The molecule has 2 aromatic carbocycles. The molecule has 0 heterocycles. The molecule has 0 saturated heterocycles. The van der Waals surface area contributed by atoms with E-state index >= 15 is 0 Å². The normalized spacial score (nSPS) is 14.4. The van der Waals surface area contributed by atoms with Crippen LogP contribution in [-0.2, 0) is 12.8 Å². The Balaban J connectivity index is 0.000000188. The second-order valence-electron chi connectivity index (χ2n) is 5.93. The third-order valence-electron chi connectivity index (χ3n) is 4.05. The van der Waals surface area contributed by atoms with Crippen molar-refractivity contribution < 1.29 is 0 Å². The van der Waals surface area contributed by atoms with Gasteiger partial charge in [-0.1, -0.05) is 85.7 Å². The maximum absolute atomic E-state index is 2.32. The molecule has 0 amide bonds. The molecular weight excluding hydrogens is 264 g/mol. The van der Waals surface area contributed by atoms with Crippen LogP contribution in [0.5, 0.6) is 0 Å². The van der Waals surface area contributed by atoms with E-state index in [9.17, 15) is 0 Å². The van der Waals surface area contributed by atoms with Gasteiger partial charge in [-0.05, 0) is 49.7 Å². The van der Waals surface area contributed by atoms with Gasteiger partial charge in [-0.3, -0.25) is 0 Å². The molecule has 0 atom stereocenters. The summed E-state index contributed by atoms with van der Waals surface area (Å²) in [5, 5.41) is 0. The summed E-state index contributed by atoms with van der Waals surface area (Å²) in [7, 11) is 0. The Morgan fingerprint density at radius 2 is 0.909 bits per heavy atom. The average molecular weight is 292 g/mol. The van der Waals surface area contributed by atoms with E-state index in [4.69, 9.17) is 0 Å². The SMILES string of the molecule is C1=CCCCCCC1.c1ccc(CCc2ccccc2)cc1. The van der Waals surface area contributed by atoms with E-state index in [-0.39, 0.29) is 0 Å². The molecule has 0 nitrogen and oxygen atoms in total. The molecule has 116 valence electrons. The van der Waals surface area contributed by atoms with Gasteiger partial charge in [0.1, 0.15) is 0 Å². The van der Waals surface area contributed by atoms with Gasteiger partial charge >= 0.3 is 0 Å². The molecular formula is C22H28. The van der Waals surface area contributed by atoms with Gasteiger partial charge in [-0.25, -0.2) is 0 Å². The fraction of sp³-hybridized carbons (Fsp3) is 0.364. The number of allylic oxidation sites excluding steroid dienone is 2. The van der Waals surface area contributed by atoms with Gasteiger partial charge in [0.2, 0.25) is 0 Å². The minimum absolute atomic E-state index is 1.13. The van der Waals surface area contributed by atoms with Crippen LogP contribution in [0.2, 0.25) is 0 Å². The van der Waals surface area contributed by atoms with E-state index in [1.54, 1.807) is 0 Å². The smallest absolute Gasteiger partial charge is 0.0238 e. The van der Waals surface area contributed by atoms with E-state index < -0.39 is 0 Å². The van der Waals surface area contributed by atoms with Gasteiger partial charge in [0, 0.05) is 0 Å². The Morgan fingerprint density at radius 1 is 0.500 bits per heavy atom. The fourth-order valence-electron chi connectivity index (χ4n) is 2.69. The Morgan fingerprint density at radius 3 is 1.32 bits per heavy atom. The molecule has 0 aliphatic heterocycles. The Kier molecular flexibility index (Phi) is 8.16. The van der Waals surface area contributed by atoms with Gasteiger partial charge in [0.25, 0.3) is 0 Å². The van der Waals surface area contributed by atoms with E-state index in [1.807, 2.05) is 0 Å². The molecule has 0 saturated carbocycles. The highest BCUT2D eigenvalue weighted by Crippen LogP contribution is 2.10. The Hall–Kier alpha value is -1.82. The second kappa shape index (κ2) is 10.8. The van der Waals surface area contributed by atoms with E-state index in [0.29, 0.717) is 0 Å². The lowest BCUT2D eigenvalue weighted by molar-refractivity contribution is 0.638. The highest BCUT2D eigenvalue weighted by atomic mass is 14.0. The quantitative estimate of drug-likeness (QED) is 0.577. The zero-order valence-corrected chi connectivity index (χ0v) is 13.6. The molecule has 2 aromatic rings. The van der Waals surface area contributed by atoms with E-state index in [0.717, 1.165) is 12.8 Å². The zero-order chi connectivity index (χ0) is 15.3. The predicted molar refractivity (Wildman–Crippen MR) is 97.1 cm³/mol. The lowest BCUT2D eigenvalue weighted by Crippen LogP contribution is -1.89. The van der Waals surface area contributed by atoms with Crippen LogP contribution in [0, 0.1) is 0 Å². The average Bonchev–Trinajstić information content (AvgIpc) is 2.55. The third kappa shape index (κ3) is 7.26. The topological polar surface area (TPSA) is 0 Å². The molecule has 0 bridgehead atoms. The number of rotatable bonds is 3. The summed E-state index contributed by atoms with van der Waals surface area (Å²) in [5.41, 5.74) is 2.83. The maximum Gasteiger partial charge on any atom is -0.0238 e. The van der Waals surface area contributed by atoms with Crippen LogP contribution >= 0.6 is 0 Å². The van der Waals surface area contributed by atoms with Gasteiger partial charge in [0.05, 0.1) is 0 Å². The van der Waals surface area contributed by atoms with Crippen LogP contribution in [0.3, 0.4) is 0 Å². The third-order valence-corrected chi connectivity index (χ3v) is 4.05. The largest absolute Gasteiger partial charge is 0.0885 e. The van der Waals surface area contributed by atoms with Crippen molar-refractivity contribution in [2.45, 2.75) is 51.4 Å². The van der Waals surface area contributed by atoms with Crippen molar-refractivity contribution in [1.29, 1.82) is 0 Å². The predicted octanol–water partition coefficient (Wildman–Crippen LogP) is 6.37. The van der Waals surface area contributed by atoms with Crippen molar-refractivity contribution >= 4 is 0 Å². The number of hydrogen-bond donors (Lipinski definition) is 0. The summed E-state index contributed by atoms with van der Waals surface area (Å²) in [6, 6.07) is 21.2. The first-order valence-corrected chi connectivity index (χ1v) is 8.68. The molecule has 0 unspecified atom stereocenters. The van der Waals surface area contributed by atoms with Crippen LogP contribution in [0.15, 0.2) is 72.8 Å².